The first kappa shape index (κ1) is 55.6. The fourth-order valence-corrected chi connectivity index (χ4v) is 7.44. The first-order valence-electron chi connectivity index (χ1n) is 23.2. The lowest BCUT2D eigenvalue weighted by molar-refractivity contribution is -0.297. The van der Waals surface area contributed by atoms with Crippen LogP contribution in [0.25, 0.3) is 0 Å². The van der Waals surface area contributed by atoms with Crippen molar-refractivity contribution in [2.75, 3.05) is 19.0 Å². The Kier molecular flexibility index (Phi) is 34.5. The van der Waals surface area contributed by atoms with Crippen LogP contribution in [0.15, 0.2) is 48.6 Å². The van der Waals surface area contributed by atoms with E-state index in [1.165, 1.54) is 89.9 Å². The molecule has 1 rings (SSSR count). The van der Waals surface area contributed by atoms with E-state index >= 15 is 0 Å². The van der Waals surface area contributed by atoms with Gasteiger partial charge in [0.15, 0.2) is 12.4 Å². The standard InChI is InChI=1S/C47H82O12S/c1-3-5-7-9-11-13-15-17-19-20-22-24-26-28-30-32-34-36-43(49)58-40(38-57-47-46(52)45(51)44(50)41(59-47)39-60(53,54)55)37-56-42(48)35-33-31-29-27-25-23-21-18-16-14-12-10-8-6-4-2/h17,19,22-25,28,30,40-41,44-47,50-52H,3-16,18,20-21,26-27,29,31-39H2,1-2H3,(H,53,54,55)/b19-17+,24-22+,25-23+,30-28+/t40-,41-,44-,45?,46?,47+/m1/s1. The number of carbonyl (C=O) groups excluding carboxylic acids is 2. The molecular weight excluding hydrogens is 789 g/mol. The van der Waals surface area contributed by atoms with E-state index in [1.807, 2.05) is 12.2 Å². The summed E-state index contributed by atoms with van der Waals surface area (Å²) in [6.07, 6.45) is 34.5. The summed E-state index contributed by atoms with van der Waals surface area (Å²) in [5, 5.41) is 30.9. The molecule has 0 aromatic carbocycles. The van der Waals surface area contributed by atoms with Gasteiger partial charge < -0.3 is 34.3 Å². The zero-order valence-electron chi connectivity index (χ0n) is 37.1. The topological polar surface area (TPSA) is 186 Å². The molecule has 1 heterocycles. The Morgan fingerprint density at radius 2 is 1.02 bits per heavy atom. The molecule has 0 spiro atoms. The summed E-state index contributed by atoms with van der Waals surface area (Å²) in [7, 11) is -4.61. The zero-order chi connectivity index (χ0) is 44.1. The van der Waals surface area contributed by atoms with Crippen molar-refractivity contribution >= 4 is 22.1 Å². The molecule has 1 fully saturated rings. The molecule has 1 aliphatic heterocycles. The van der Waals surface area contributed by atoms with Crippen LogP contribution < -0.4 is 0 Å². The second-order valence-electron chi connectivity index (χ2n) is 16.1. The van der Waals surface area contributed by atoms with Crippen LogP contribution in [0.4, 0.5) is 0 Å². The minimum atomic E-state index is -4.61. The molecule has 12 nitrogen and oxygen atoms in total. The predicted molar refractivity (Wildman–Crippen MR) is 238 cm³/mol. The van der Waals surface area contributed by atoms with Crippen molar-refractivity contribution in [1.82, 2.24) is 0 Å². The van der Waals surface area contributed by atoms with Crippen molar-refractivity contribution in [1.29, 1.82) is 0 Å². The van der Waals surface area contributed by atoms with Crippen molar-refractivity contribution in [2.45, 2.75) is 218 Å². The summed E-state index contributed by atoms with van der Waals surface area (Å²) >= 11 is 0. The van der Waals surface area contributed by atoms with Crippen LogP contribution in [0.5, 0.6) is 0 Å². The lowest BCUT2D eigenvalue weighted by Gasteiger charge is -2.40. The van der Waals surface area contributed by atoms with Crippen LogP contribution in [0, 0.1) is 0 Å². The second-order valence-corrected chi connectivity index (χ2v) is 17.6. The molecule has 0 bridgehead atoms. The largest absolute Gasteiger partial charge is 0.462 e. The van der Waals surface area contributed by atoms with Crippen LogP contribution in [0.2, 0.25) is 0 Å². The number of rotatable bonds is 38. The highest BCUT2D eigenvalue weighted by atomic mass is 32.2. The third-order valence-electron chi connectivity index (χ3n) is 10.4. The van der Waals surface area contributed by atoms with Gasteiger partial charge in [-0.1, -0.05) is 146 Å². The molecule has 0 amide bonds. The van der Waals surface area contributed by atoms with Gasteiger partial charge in [-0.3, -0.25) is 14.1 Å². The number of esters is 2. The molecule has 0 saturated carbocycles. The first-order chi connectivity index (χ1) is 29.0. The second kappa shape index (κ2) is 37.2. The van der Waals surface area contributed by atoms with Gasteiger partial charge in [-0.05, 0) is 70.6 Å². The minimum Gasteiger partial charge on any atom is -0.462 e. The van der Waals surface area contributed by atoms with Crippen LogP contribution in [-0.2, 0) is 38.7 Å². The molecule has 0 radical (unpaired) electrons. The third kappa shape index (κ3) is 31.5. The lowest BCUT2D eigenvalue weighted by atomic mass is 10.00. The van der Waals surface area contributed by atoms with E-state index in [2.05, 4.69) is 50.3 Å². The Hall–Kier alpha value is -2.39. The van der Waals surface area contributed by atoms with Gasteiger partial charge >= 0.3 is 11.9 Å². The molecule has 60 heavy (non-hydrogen) atoms. The highest BCUT2D eigenvalue weighted by molar-refractivity contribution is 7.85. The number of hydrogen-bond acceptors (Lipinski definition) is 11. The molecule has 0 aromatic heterocycles. The van der Waals surface area contributed by atoms with E-state index in [0.29, 0.717) is 19.3 Å². The molecule has 0 aromatic rings. The van der Waals surface area contributed by atoms with Crippen LogP contribution in [0.1, 0.15) is 181 Å². The summed E-state index contributed by atoms with van der Waals surface area (Å²) in [5.74, 6) is -2.07. The molecule has 348 valence electrons. The van der Waals surface area contributed by atoms with Crippen LogP contribution >= 0.6 is 0 Å². The monoisotopic (exact) mass is 871 g/mol. The number of hydrogen-bond donors (Lipinski definition) is 4. The lowest BCUT2D eigenvalue weighted by Crippen LogP contribution is -2.60. The van der Waals surface area contributed by atoms with Gasteiger partial charge in [0.25, 0.3) is 10.1 Å². The summed E-state index contributed by atoms with van der Waals surface area (Å²) in [4.78, 5) is 25.4. The molecular formula is C47H82O12S. The van der Waals surface area contributed by atoms with Crippen molar-refractivity contribution in [3.05, 3.63) is 48.6 Å². The van der Waals surface area contributed by atoms with E-state index in [4.69, 9.17) is 18.9 Å². The molecule has 6 atom stereocenters. The summed E-state index contributed by atoms with van der Waals surface area (Å²) in [5.41, 5.74) is 0. The summed E-state index contributed by atoms with van der Waals surface area (Å²) in [6.45, 7) is 3.69. The van der Waals surface area contributed by atoms with Gasteiger partial charge in [-0.2, -0.15) is 8.42 Å². The van der Waals surface area contributed by atoms with Crippen molar-refractivity contribution in [3.8, 4) is 0 Å². The van der Waals surface area contributed by atoms with Gasteiger partial charge in [0, 0.05) is 12.8 Å². The maximum atomic E-state index is 12.8. The SMILES string of the molecule is CCCCCCCC/C=C/C/C=C/C/C=C/CCCC(=O)O[C@H](COC(=O)CCCCC/C=C/CCCCCCCCCC)CO[C@H]1O[C@H](CS(=O)(=O)O)[C@@H](O)C(O)C1O. The minimum absolute atomic E-state index is 0.0888. The van der Waals surface area contributed by atoms with Crippen molar-refractivity contribution in [2.24, 2.45) is 0 Å². The average Bonchev–Trinajstić information content (AvgIpc) is 3.21. The Labute approximate surface area is 363 Å². The van der Waals surface area contributed by atoms with E-state index < -0.39 is 71.2 Å². The smallest absolute Gasteiger partial charge is 0.306 e. The molecule has 1 saturated heterocycles. The molecule has 0 aliphatic carbocycles. The molecule has 2 unspecified atom stereocenters. The van der Waals surface area contributed by atoms with Gasteiger partial charge in [0.1, 0.15) is 36.8 Å². The van der Waals surface area contributed by atoms with Crippen molar-refractivity contribution in [3.63, 3.8) is 0 Å². The first-order valence-corrected chi connectivity index (χ1v) is 24.8. The number of allylic oxidation sites excluding steroid dienone is 8. The highest BCUT2D eigenvalue weighted by Crippen LogP contribution is 2.24. The Morgan fingerprint density at radius 3 is 1.55 bits per heavy atom. The maximum Gasteiger partial charge on any atom is 0.306 e. The highest BCUT2D eigenvalue weighted by Gasteiger charge is 2.46. The number of carbonyl (C=O) groups is 2. The summed E-state index contributed by atoms with van der Waals surface area (Å²) < 4.78 is 54.0. The van der Waals surface area contributed by atoms with E-state index in [9.17, 15) is 37.9 Å². The molecule has 13 heteroatoms. The Morgan fingerprint density at radius 1 is 0.567 bits per heavy atom. The maximum absolute atomic E-state index is 12.8. The molecule has 4 N–H and O–H groups in total. The number of aliphatic hydroxyl groups is 3. The fourth-order valence-electron chi connectivity index (χ4n) is 6.75. The Balaban J connectivity index is 2.49. The third-order valence-corrected chi connectivity index (χ3v) is 11.1. The van der Waals surface area contributed by atoms with Gasteiger partial charge in [0.2, 0.25) is 0 Å². The fraction of sp³-hybridized carbons (Fsp3) is 0.787. The van der Waals surface area contributed by atoms with Gasteiger partial charge in [0.05, 0.1) is 6.61 Å². The van der Waals surface area contributed by atoms with Crippen LogP contribution in [-0.4, -0.2) is 96.0 Å². The van der Waals surface area contributed by atoms with E-state index in [0.717, 1.165) is 44.9 Å². The average molecular weight is 871 g/mol. The summed E-state index contributed by atoms with van der Waals surface area (Å²) in [6, 6.07) is 0. The quantitative estimate of drug-likeness (QED) is 0.0200. The number of unbranched alkanes of at least 4 members (excludes halogenated alkanes) is 18. The van der Waals surface area contributed by atoms with E-state index in [1.54, 1.807) is 0 Å². The molecule has 1 aliphatic rings. The zero-order valence-corrected chi connectivity index (χ0v) is 37.9. The van der Waals surface area contributed by atoms with Gasteiger partial charge in [-0.25, -0.2) is 0 Å². The Bertz CT molecular complexity index is 1300. The predicted octanol–water partition coefficient (Wildman–Crippen LogP) is 9.56. The normalized spacial score (nSPS) is 20.5. The number of aliphatic hydroxyl groups excluding tert-OH is 3. The van der Waals surface area contributed by atoms with Crippen LogP contribution in [0.3, 0.4) is 0 Å². The van der Waals surface area contributed by atoms with E-state index in [-0.39, 0.29) is 19.4 Å². The number of ether oxygens (including phenoxy) is 4. The van der Waals surface area contributed by atoms with Gasteiger partial charge in [-0.15, -0.1) is 0 Å². The van der Waals surface area contributed by atoms with Crippen molar-refractivity contribution < 1.29 is 56.8 Å².